The molecule has 9 atom stereocenters. The van der Waals surface area contributed by atoms with Gasteiger partial charge in [-0.2, -0.15) is 0 Å². The molecule has 24 heavy (non-hydrogen) atoms. The van der Waals surface area contributed by atoms with E-state index < -0.39 is 0 Å². The molecule has 6 rings (SSSR count). The molecule has 4 saturated heterocycles. The zero-order chi connectivity index (χ0) is 16.5. The highest BCUT2D eigenvalue weighted by Gasteiger charge is 2.90. The molecule has 0 bridgehead atoms. The van der Waals surface area contributed by atoms with Gasteiger partial charge in [-0.3, -0.25) is 0 Å². The first-order valence-corrected chi connectivity index (χ1v) is 9.89. The van der Waals surface area contributed by atoms with E-state index in [4.69, 9.17) is 18.9 Å². The Balaban J connectivity index is 1.59. The van der Waals surface area contributed by atoms with E-state index in [9.17, 15) is 0 Å². The average Bonchev–Trinajstić information content (AvgIpc) is 3.21. The van der Waals surface area contributed by atoms with Crippen molar-refractivity contribution in [2.24, 2.45) is 34.0 Å². The summed E-state index contributed by atoms with van der Waals surface area (Å²) < 4.78 is 25.9. The molecule has 0 aromatic heterocycles. The molecule has 4 nitrogen and oxygen atoms in total. The standard InChI is InChI=1S/C20H30O4/c1-11-9-22-12-8-19-14-7-13(17(2,3)4)18(19)5-6-21-16(18)24-20(19,10-23-14)15(11)12/h11-16H,5-10H2,1-4H3/t11?,12?,13-,14?,15?,16?,18?,19?,20?/m0/s1. The third-order valence-electron chi connectivity index (χ3n) is 8.92. The highest BCUT2D eigenvalue weighted by atomic mass is 16.7. The van der Waals surface area contributed by atoms with E-state index in [1.54, 1.807) is 0 Å². The Hall–Kier alpha value is -0.160. The molecular weight excluding hydrogens is 304 g/mol. The predicted molar refractivity (Wildman–Crippen MR) is 87.4 cm³/mol. The van der Waals surface area contributed by atoms with Gasteiger partial charge >= 0.3 is 0 Å². The molecule has 2 aliphatic carbocycles. The van der Waals surface area contributed by atoms with Crippen LogP contribution in [0.25, 0.3) is 0 Å². The van der Waals surface area contributed by atoms with Crippen LogP contribution in [-0.2, 0) is 18.9 Å². The van der Waals surface area contributed by atoms with Gasteiger partial charge in [0, 0.05) is 23.4 Å². The van der Waals surface area contributed by atoms with Crippen molar-refractivity contribution in [3.8, 4) is 0 Å². The topological polar surface area (TPSA) is 36.9 Å². The minimum Gasteiger partial charge on any atom is -0.377 e. The summed E-state index contributed by atoms with van der Waals surface area (Å²) in [5.74, 6) is 1.63. The van der Waals surface area contributed by atoms with Crippen LogP contribution in [0.15, 0.2) is 0 Å². The number of rotatable bonds is 0. The SMILES string of the molecule is CC1COC2CC34C5C[C@@H](C(C)(C)C)C36CCOC6OC4(CO5)C12. The first-order chi connectivity index (χ1) is 11.4. The normalized spacial score (nSPS) is 63.5. The minimum absolute atomic E-state index is 0.0237. The zero-order valence-electron chi connectivity index (χ0n) is 15.3. The molecule has 4 heteroatoms. The summed E-state index contributed by atoms with van der Waals surface area (Å²) in [5.41, 5.74) is 0.324. The van der Waals surface area contributed by atoms with Gasteiger partial charge in [0.2, 0.25) is 0 Å². The lowest BCUT2D eigenvalue weighted by Gasteiger charge is -2.47. The van der Waals surface area contributed by atoms with Crippen LogP contribution in [0.3, 0.4) is 0 Å². The fraction of sp³-hybridized carbons (Fsp3) is 1.00. The van der Waals surface area contributed by atoms with Crippen LogP contribution >= 0.6 is 0 Å². The molecule has 0 N–H and O–H groups in total. The van der Waals surface area contributed by atoms with Crippen molar-refractivity contribution >= 4 is 0 Å². The van der Waals surface area contributed by atoms with Crippen LogP contribution in [0.1, 0.15) is 47.0 Å². The Morgan fingerprint density at radius 3 is 2.71 bits per heavy atom. The van der Waals surface area contributed by atoms with Crippen molar-refractivity contribution in [2.75, 3.05) is 19.8 Å². The monoisotopic (exact) mass is 334 g/mol. The maximum Gasteiger partial charge on any atom is 0.165 e. The van der Waals surface area contributed by atoms with Crippen LogP contribution in [0, 0.1) is 34.0 Å². The fourth-order valence-electron chi connectivity index (χ4n) is 8.51. The first kappa shape index (κ1) is 15.0. The predicted octanol–water partition coefficient (Wildman–Crippen LogP) is 2.99. The first-order valence-electron chi connectivity index (χ1n) is 9.89. The molecule has 6 fully saturated rings. The van der Waals surface area contributed by atoms with E-state index >= 15 is 0 Å². The van der Waals surface area contributed by atoms with E-state index in [0.717, 1.165) is 32.7 Å². The molecule has 2 spiro atoms. The molecule has 0 aromatic rings. The fourth-order valence-corrected chi connectivity index (χ4v) is 8.51. The molecule has 134 valence electrons. The Bertz CT molecular complexity index is 599. The van der Waals surface area contributed by atoms with Gasteiger partial charge in [-0.05, 0) is 36.5 Å². The highest BCUT2D eigenvalue weighted by Crippen LogP contribution is 2.83. The lowest BCUT2D eigenvalue weighted by Crippen LogP contribution is -2.53. The minimum atomic E-state index is -0.163. The van der Waals surface area contributed by atoms with Crippen LogP contribution in [0.4, 0.5) is 0 Å². The molecule has 0 aromatic carbocycles. The van der Waals surface area contributed by atoms with E-state index in [0.29, 0.717) is 30.0 Å². The van der Waals surface area contributed by atoms with Crippen molar-refractivity contribution in [1.82, 2.24) is 0 Å². The van der Waals surface area contributed by atoms with Gasteiger partial charge in [0.25, 0.3) is 0 Å². The van der Waals surface area contributed by atoms with Gasteiger partial charge in [-0.25, -0.2) is 0 Å². The second kappa shape index (κ2) is 4.05. The molecule has 4 heterocycles. The van der Waals surface area contributed by atoms with Gasteiger partial charge in [0.1, 0.15) is 5.60 Å². The Labute approximate surface area is 144 Å². The smallest absolute Gasteiger partial charge is 0.165 e. The molecule has 4 aliphatic heterocycles. The van der Waals surface area contributed by atoms with Gasteiger partial charge < -0.3 is 18.9 Å². The van der Waals surface area contributed by atoms with Gasteiger partial charge in [-0.1, -0.05) is 27.7 Å². The average molecular weight is 334 g/mol. The second-order valence-electron chi connectivity index (χ2n) is 10.5. The van der Waals surface area contributed by atoms with Crippen molar-refractivity contribution < 1.29 is 18.9 Å². The summed E-state index contributed by atoms with van der Waals surface area (Å²) in [6.45, 7) is 12.0. The summed E-state index contributed by atoms with van der Waals surface area (Å²) in [5, 5.41) is 0. The van der Waals surface area contributed by atoms with Crippen molar-refractivity contribution in [2.45, 2.75) is 71.1 Å². The van der Waals surface area contributed by atoms with Crippen molar-refractivity contribution in [3.05, 3.63) is 0 Å². The summed E-state index contributed by atoms with van der Waals surface area (Å²) >= 11 is 0. The van der Waals surface area contributed by atoms with Gasteiger partial charge in [-0.15, -0.1) is 0 Å². The van der Waals surface area contributed by atoms with E-state index in [2.05, 4.69) is 27.7 Å². The zero-order valence-corrected chi connectivity index (χ0v) is 15.3. The van der Waals surface area contributed by atoms with E-state index in [1.807, 2.05) is 0 Å². The third-order valence-corrected chi connectivity index (χ3v) is 8.92. The largest absolute Gasteiger partial charge is 0.377 e. The Kier molecular flexibility index (Phi) is 2.53. The summed E-state index contributed by atoms with van der Waals surface area (Å²) in [7, 11) is 0. The van der Waals surface area contributed by atoms with Crippen LogP contribution in [0.5, 0.6) is 0 Å². The number of hydrogen-bond donors (Lipinski definition) is 0. The van der Waals surface area contributed by atoms with Crippen LogP contribution in [0.2, 0.25) is 0 Å². The molecule has 6 aliphatic rings. The third kappa shape index (κ3) is 1.23. The number of hydrogen-bond acceptors (Lipinski definition) is 4. The molecule has 0 radical (unpaired) electrons. The van der Waals surface area contributed by atoms with Crippen LogP contribution < -0.4 is 0 Å². The lowest BCUT2D eigenvalue weighted by molar-refractivity contribution is -0.197. The van der Waals surface area contributed by atoms with Crippen molar-refractivity contribution in [1.29, 1.82) is 0 Å². The summed E-state index contributed by atoms with van der Waals surface area (Å²) in [6, 6.07) is 0. The molecular formula is C20H30O4. The summed E-state index contributed by atoms with van der Waals surface area (Å²) in [6.07, 6.45) is 4.10. The number of fused-ring (bicyclic) bond motifs is 1. The molecule has 8 unspecified atom stereocenters. The van der Waals surface area contributed by atoms with Crippen molar-refractivity contribution in [3.63, 3.8) is 0 Å². The lowest BCUT2D eigenvalue weighted by atomic mass is 9.53. The van der Waals surface area contributed by atoms with Gasteiger partial charge in [0.05, 0.1) is 25.4 Å². The second-order valence-corrected chi connectivity index (χ2v) is 10.5. The van der Waals surface area contributed by atoms with Crippen LogP contribution in [-0.4, -0.2) is 43.9 Å². The highest BCUT2D eigenvalue weighted by molar-refractivity contribution is 5.35. The van der Waals surface area contributed by atoms with E-state index in [-0.39, 0.29) is 28.1 Å². The van der Waals surface area contributed by atoms with E-state index in [1.165, 1.54) is 6.42 Å². The Morgan fingerprint density at radius 1 is 1.08 bits per heavy atom. The molecule has 2 saturated carbocycles. The maximum absolute atomic E-state index is 6.92. The Morgan fingerprint density at radius 2 is 1.92 bits per heavy atom. The quantitative estimate of drug-likeness (QED) is 0.682. The van der Waals surface area contributed by atoms with Gasteiger partial charge in [0.15, 0.2) is 6.29 Å². The molecule has 0 amide bonds. The maximum atomic E-state index is 6.92. The number of ether oxygens (including phenoxy) is 4. The summed E-state index contributed by atoms with van der Waals surface area (Å²) in [4.78, 5) is 0.